The zero-order chi connectivity index (χ0) is 8.57. The molecular weight excluding hydrogens is 122 g/mol. The molecule has 0 aromatic rings. The van der Waals surface area contributed by atoms with E-state index in [1.165, 1.54) is 5.57 Å². The van der Waals surface area contributed by atoms with Crippen LogP contribution in [0.1, 0.15) is 20.8 Å². The third-order valence-corrected chi connectivity index (χ3v) is 0.680. The average molecular weight is 137 g/mol. The van der Waals surface area contributed by atoms with Gasteiger partial charge >= 0.3 is 0 Å². The fraction of sp³-hybridized carbons (Fsp3) is 0.333. The molecule has 0 atom stereocenters. The third-order valence-electron chi connectivity index (χ3n) is 0.680. The van der Waals surface area contributed by atoms with E-state index >= 15 is 0 Å². The summed E-state index contributed by atoms with van der Waals surface area (Å²) in [5.41, 5.74) is 7.48. The van der Waals surface area contributed by atoms with E-state index < -0.39 is 0 Å². The minimum Gasteiger partial charge on any atom is -0.402 e. The highest BCUT2D eigenvalue weighted by Crippen LogP contribution is 1.89. The summed E-state index contributed by atoms with van der Waals surface area (Å²) in [5, 5.41) is 0. The van der Waals surface area contributed by atoms with Crippen molar-refractivity contribution in [3.8, 4) is 12.8 Å². The van der Waals surface area contributed by atoms with Crippen LogP contribution in [0.15, 0.2) is 23.4 Å². The van der Waals surface area contributed by atoms with Crippen LogP contribution < -0.4 is 5.73 Å². The molecule has 0 rings (SSSR count). The van der Waals surface area contributed by atoms with E-state index in [4.69, 9.17) is 5.73 Å². The first-order valence-corrected chi connectivity index (χ1v) is 3.03. The summed E-state index contributed by atoms with van der Waals surface area (Å²) in [7, 11) is 0. The lowest BCUT2D eigenvalue weighted by atomic mass is 10.3. The minimum atomic E-state index is 0.853. The molecule has 1 heteroatoms. The zero-order valence-electron chi connectivity index (χ0n) is 6.89. The molecule has 0 bridgehead atoms. The topological polar surface area (TPSA) is 26.0 Å². The van der Waals surface area contributed by atoms with Crippen molar-refractivity contribution in [3.63, 3.8) is 0 Å². The van der Waals surface area contributed by atoms with Gasteiger partial charge < -0.3 is 5.73 Å². The Morgan fingerprint density at radius 3 is 1.60 bits per heavy atom. The van der Waals surface area contributed by atoms with Crippen LogP contribution in [0, 0.1) is 12.8 Å². The van der Waals surface area contributed by atoms with E-state index in [-0.39, 0.29) is 0 Å². The quantitative estimate of drug-likeness (QED) is 0.434. The predicted molar refractivity (Wildman–Crippen MR) is 47.3 cm³/mol. The van der Waals surface area contributed by atoms with Crippen LogP contribution in [0.4, 0.5) is 0 Å². The smallest absolute Gasteiger partial charge is 0.00488 e. The number of rotatable bonds is 1. The van der Waals surface area contributed by atoms with Gasteiger partial charge in [-0.1, -0.05) is 11.6 Å². The van der Waals surface area contributed by atoms with Crippen molar-refractivity contribution in [1.29, 1.82) is 0 Å². The van der Waals surface area contributed by atoms with Crippen molar-refractivity contribution in [2.45, 2.75) is 20.8 Å². The fourth-order valence-electron chi connectivity index (χ4n) is 0.298. The summed E-state index contributed by atoms with van der Waals surface area (Å²) < 4.78 is 0. The largest absolute Gasteiger partial charge is 0.402 e. The van der Waals surface area contributed by atoms with E-state index in [1.54, 1.807) is 0 Å². The van der Waals surface area contributed by atoms with E-state index in [0.717, 1.165) is 5.70 Å². The van der Waals surface area contributed by atoms with Gasteiger partial charge in [-0.25, -0.2) is 0 Å². The molecule has 0 spiro atoms. The Balaban J connectivity index is 0. The number of hydrogen-bond donors (Lipinski definition) is 1. The zero-order valence-corrected chi connectivity index (χ0v) is 6.89. The number of allylic oxidation sites excluding steroid dienone is 4. The van der Waals surface area contributed by atoms with Crippen molar-refractivity contribution < 1.29 is 0 Å². The van der Waals surface area contributed by atoms with Crippen molar-refractivity contribution in [3.05, 3.63) is 23.4 Å². The number of terminal acetylenes is 1. The normalized spacial score (nSPS) is 9.10. The summed E-state index contributed by atoms with van der Waals surface area (Å²) in [6, 6.07) is 0. The molecule has 0 radical (unpaired) electrons. The van der Waals surface area contributed by atoms with Gasteiger partial charge in [-0.05, 0) is 26.8 Å². The Hall–Kier alpha value is -1.16. The Labute approximate surface area is 63.6 Å². The van der Waals surface area contributed by atoms with Crippen LogP contribution in [-0.4, -0.2) is 0 Å². The summed E-state index contributed by atoms with van der Waals surface area (Å²) in [4.78, 5) is 0. The van der Waals surface area contributed by atoms with Gasteiger partial charge in [0.1, 0.15) is 0 Å². The lowest BCUT2D eigenvalue weighted by Gasteiger charge is -1.84. The fourth-order valence-corrected chi connectivity index (χ4v) is 0.298. The Morgan fingerprint density at radius 1 is 1.10 bits per heavy atom. The van der Waals surface area contributed by atoms with Gasteiger partial charge in [-0.15, -0.1) is 12.8 Å². The second kappa shape index (κ2) is 7.84. The molecule has 1 nitrogen and oxygen atoms in total. The van der Waals surface area contributed by atoms with E-state index in [1.807, 2.05) is 32.9 Å². The monoisotopic (exact) mass is 137 g/mol. The molecular formula is C9H15N. The van der Waals surface area contributed by atoms with Crippen molar-refractivity contribution >= 4 is 0 Å². The van der Waals surface area contributed by atoms with Crippen LogP contribution in [0.25, 0.3) is 0 Å². The molecule has 0 aliphatic rings. The SMILES string of the molecule is C#C.CC(C)=C/C=C(\C)N. The molecule has 0 aromatic heterocycles. The summed E-state index contributed by atoms with van der Waals surface area (Å²) >= 11 is 0. The maximum atomic E-state index is 5.36. The molecule has 0 aromatic carbocycles. The maximum absolute atomic E-state index is 5.36. The van der Waals surface area contributed by atoms with E-state index in [0.29, 0.717) is 0 Å². The molecule has 56 valence electrons. The second-order valence-electron chi connectivity index (χ2n) is 2.15. The molecule has 2 N–H and O–H groups in total. The van der Waals surface area contributed by atoms with Gasteiger partial charge in [0.2, 0.25) is 0 Å². The van der Waals surface area contributed by atoms with Crippen molar-refractivity contribution in [2.75, 3.05) is 0 Å². The molecule has 0 heterocycles. The van der Waals surface area contributed by atoms with Gasteiger partial charge in [0.05, 0.1) is 0 Å². The van der Waals surface area contributed by atoms with Crippen LogP contribution in [-0.2, 0) is 0 Å². The van der Waals surface area contributed by atoms with Crippen molar-refractivity contribution in [2.24, 2.45) is 5.73 Å². The van der Waals surface area contributed by atoms with Gasteiger partial charge in [-0.3, -0.25) is 0 Å². The molecule has 0 aliphatic heterocycles. The maximum Gasteiger partial charge on any atom is 0.00488 e. The second-order valence-corrected chi connectivity index (χ2v) is 2.15. The first-order valence-electron chi connectivity index (χ1n) is 3.03. The van der Waals surface area contributed by atoms with Gasteiger partial charge in [0.25, 0.3) is 0 Å². The van der Waals surface area contributed by atoms with E-state index in [2.05, 4.69) is 12.8 Å². The van der Waals surface area contributed by atoms with Crippen molar-refractivity contribution in [1.82, 2.24) is 0 Å². The molecule has 10 heavy (non-hydrogen) atoms. The molecule has 0 unspecified atom stereocenters. The summed E-state index contributed by atoms with van der Waals surface area (Å²) in [5.74, 6) is 0. The Bertz CT molecular complexity index is 125. The first kappa shape index (κ1) is 11.6. The summed E-state index contributed by atoms with van der Waals surface area (Å²) in [6.07, 6.45) is 11.9. The van der Waals surface area contributed by atoms with Crippen LogP contribution in [0.2, 0.25) is 0 Å². The highest BCUT2D eigenvalue weighted by molar-refractivity contribution is 5.11. The van der Waals surface area contributed by atoms with Crippen LogP contribution >= 0.6 is 0 Å². The highest BCUT2D eigenvalue weighted by atomic mass is 14.5. The van der Waals surface area contributed by atoms with E-state index in [9.17, 15) is 0 Å². The predicted octanol–water partition coefficient (Wildman–Crippen LogP) is 2.06. The minimum absolute atomic E-state index is 0.853. The molecule has 0 saturated carbocycles. The van der Waals surface area contributed by atoms with Gasteiger partial charge in [0.15, 0.2) is 0 Å². The standard InChI is InChI=1S/C7H13N.C2H2/c1-6(2)4-5-7(3)8;1-2/h4-5H,8H2,1-3H3;1-2H/b7-5+;. The first-order chi connectivity index (χ1) is 4.63. The molecule has 0 amide bonds. The number of hydrogen-bond acceptors (Lipinski definition) is 1. The molecule has 0 saturated heterocycles. The van der Waals surface area contributed by atoms with Gasteiger partial charge in [0, 0.05) is 5.70 Å². The Morgan fingerprint density at radius 2 is 1.50 bits per heavy atom. The van der Waals surface area contributed by atoms with Gasteiger partial charge in [-0.2, -0.15) is 0 Å². The highest BCUT2D eigenvalue weighted by Gasteiger charge is 1.72. The lowest BCUT2D eigenvalue weighted by Crippen LogP contribution is -1.87. The Kier molecular flexibility index (Phi) is 9.11. The van der Waals surface area contributed by atoms with Crippen LogP contribution in [0.3, 0.4) is 0 Å². The summed E-state index contributed by atoms with van der Waals surface area (Å²) in [6.45, 7) is 5.96. The molecule has 0 fully saturated rings. The van der Waals surface area contributed by atoms with Crippen LogP contribution in [0.5, 0.6) is 0 Å². The number of nitrogens with two attached hydrogens (primary N) is 1. The third kappa shape index (κ3) is 15.8. The average Bonchev–Trinajstić information content (AvgIpc) is 1.89. The lowest BCUT2D eigenvalue weighted by molar-refractivity contribution is 1.30. The molecule has 0 aliphatic carbocycles.